The van der Waals surface area contributed by atoms with Gasteiger partial charge in [0.1, 0.15) is 0 Å². The van der Waals surface area contributed by atoms with Crippen molar-refractivity contribution < 1.29 is 0 Å². The van der Waals surface area contributed by atoms with Gasteiger partial charge in [0.05, 0.1) is 0 Å². The van der Waals surface area contributed by atoms with E-state index in [4.69, 9.17) is 0 Å². The molecule has 4 fully saturated rings. The van der Waals surface area contributed by atoms with Crippen LogP contribution in [0.25, 0.3) is 0 Å². The second-order valence-corrected chi connectivity index (χ2v) is 13.2. The number of nitrogens with zero attached hydrogens (tertiary/aromatic N) is 1. The molecule has 0 aromatic carbocycles. The second-order valence-electron chi connectivity index (χ2n) is 13.2. The molecule has 11 atom stereocenters. The van der Waals surface area contributed by atoms with Crippen molar-refractivity contribution >= 4 is 0 Å². The Morgan fingerprint density at radius 1 is 1.03 bits per heavy atom. The van der Waals surface area contributed by atoms with E-state index in [-0.39, 0.29) is 0 Å². The zero-order chi connectivity index (χ0) is 24.5. The highest BCUT2D eigenvalue weighted by molar-refractivity contribution is 5.16. The van der Waals surface area contributed by atoms with Crippen LogP contribution in [0.1, 0.15) is 71.6 Å². The number of nitrogens with one attached hydrogen (secondary N) is 4. The van der Waals surface area contributed by atoms with E-state index in [1.807, 2.05) is 0 Å². The highest BCUT2D eigenvalue weighted by Gasteiger charge is 2.53. The fraction of sp³-hybridized carbons (Fsp3) is 0.871. The van der Waals surface area contributed by atoms with Crippen LogP contribution in [0.4, 0.5) is 0 Å². The minimum absolute atomic E-state index is 0.616. The van der Waals surface area contributed by atoms with E-state index in [0.29, 0.717) is 18.1 Å². The predicted octanol–water partition coefficient (Wildman–Crippen LogP) is 3.68. The Morgan fingerprint density at radius 3 is 2.83 bits per heavy atom. The Balaban J connectivity index is 1.18. The topological polar surface area (TPSA) is 51.4 Å². The molecule has 0 bridgehead atoms. The maximum absolute atomic E-state index is 4.10. The van der Waals surface area contributed by atoms with E-state index >= 15 is 0 Å². The zero-order valence-corrected chi connectivity index (χ0v) is 23.0. The maximum atomic E-state index is 4.10. The highest BCUT2D eigenvalue weighted by Crippen LogP contribution is 2.48. The molecule has 0 radical (unpaired) electrons. The molecule has 4 heterocycles. The molecular weight excluding hydrogens is 442 g/mol. The van der Waals surface area contributed by atoms with Crippen molar-refractivity contribution in [1.29, 1.82) is 0 Å². The lowest BCUT2D eigenvalue weighted by molar-refractivity contribution is 0.0465. The summed E-state index contributed by atoms with van der Waals surface area (Å²) in [5.74, 6) is 3.91. The SMILES string of the molecule is CCCNCC1CC(C2C=CCC(N3C4CCC=CC4C4CNC[C@H](C)[C@@H]43)C2)CC(C2CCCN2)N1. The second kappa shape index (κ2) is 11.6. The molecule has 36 heavy (non-hydrogen) atoms. The number of hydrogen-bond acceptors (Lipinski definition) is 5. The summed E-state index contributed by atoms with van der Waals surface area (Å²) in [6.45, 7) is 10.7. The average Bonchev–Trinajstić information content (AvgIpc) is 3.57. The van der Waals surface area contributed by atoms with Gasteiger partial charge in [0.25, 0.3) is 0 Å². The van der Waals surface area contributed by atoms with E-state index in [0.717, 1.165) is 60.8 Å². The van der Waals surface area contributed by atoms with Crippen LogP contribution in [0.3, 0.4) is 0 Å². The smallest absolute Gasteiger partial charge is 0.0227 e. The lowest BCUT2D eigenvalue weighted by atomic mass is 9.72. The van der Waals surface area contributed by atoms with Gasteiger partial charge in [-0.2, -0.15) is 0 Å². The number of likely N-dealkylation sites (tertiary alicyclic amines) is 1. The zero-order valence-electron chi connectivity index (χ0n) is 23.0. The van der Waals surface area contributed by atoms with Crippen molar-refractivity contribution in [1.82, 2.24) is 26.2 Å². The highest BCUT2D eigenvalue weighted by atomic mass is 15.3. The van der Waals surface area contributed by atoms with Crippen molar-refractivity contribution in [2.75, 3.05) is 32.7 Å². The predicted molar refractivity (Wildman–Crippen MR) is 150 cm³/mol. The molecule has 0 aromatic heterocycles. The van der Waals surface area contributed by atoms with Gasteiger partial charge < -0.3 is 21.3 Å². The van der Waals surface area contributed by atoms with Crippen molar-refractivity contribution in [3.63, 3.8) is 0 Å². The Morgan fingerprint density at radius 2 is 1.97 bits per heavy atom. The molecule has 0 saturated carbocycles. The Hall–Kier alpha value is -0.720. The molecule has 4 aliphatic heterocycles. The normalized spacial score (nSPS) is 47.1. The van der Waals surface area contributed by atoms with Crippen molar-refractivity contribution in [3.05, 3.63) is 24.3 Å². The van der Waals surface area contributed by atoms with E-state index in [2.05, 4.69) is 64.3 Å². The molecule has 4 N–H and O–H groups in total. The minimum Gasteiger partial charge on any atom is -0.316 e. The fourth-order valence-corrected chi connectivity index (χ4v) is 9.37. The van der Waals surface area contributed by atoms with Gasteiger partial charge in [0.2, 0.25) is 0 Å². The first-order valence-electron chi connectivity index (χ1n) is 15.7. The summed E-state index contributed by atoms with van der Waals surface area (Å²) < 4.78 is 0. The van der Waals surface area contributed by atoms with Crippen LogP contribution in [0.15, 0.2) is 24.3 Å². The van der Waals surface area contributed by atoms with Gasteiger partial charge in [-0.05, 0) is 107 Å². The Bertz CT molecular complexity index is 775. The average molecular weight is 496 g/mol. The number of rotatable bonds is 7. The summed E-state index contributed by atoms with van der Waals surface area (Å²) in [6, 6.07) is 4.22. The summed E-state index contributed by atoms with van der Waals surface area (Å²) in [6.07, 6.45) is 22.3. The van der Waals surface area contributed by atoms with Crippen molar-refractivity contribution in [2.45, 2.75) is 108 Å². The number of fused-ring (bicyclic) bond motifs is 3. The molecule has 0 amide bonds. The molecule has 202 valence electrons. The van der Waals surface area contributed by atoms with Gasteiger partial charge in [0.15, 0.2) is 0 Å². The first-order valence-corrected chi connectivity index (χ1v) is 15.7. The monoisotopic (exact) mass is 495 g/mol. The standard InChI is InChI=1S/C31H53N5/c1-3-13-32-19-24-15-23(17-29(35-24)28-11-7-14-34-28)22-8-6-9-25(16-22)36-30-12-5-4-10-26(30)27-20-33-18-21(2)31(27)36/h4,6,8,10,21-35H,3,5,7,9,11-20H2,1-2H3/t21-,22?,23?,24?,25?,26?,27?,28?,29?,30?,31-/m0/s1. The van der Waals surface area contributed by atoms with Crippen LogP contribution in [0.5, 0.6) is 0 Å². The van der Waals surface area contributed by atoms with Crippen LogP contribution in [-0.2, 0) is 0 Å². The lowest BCUT2D eigenvalue weighted by Crippen LogP contribution is -2.58. The van der Waals surface area contributed by atoms with E-state index < -0.39 is 0 Å². The Kier molecular flexibility index (Phi) is 8.21. The third-order valence-corrected chi connectivity index (χ3v) is 10.9. The molecule has 6 aliphatic rings. The maximum Gasteiger partial charge on any atom is 0.0227 e. The molecule has 5 heteroatoms. The number of hydrogen-bond donors (Lipinski definition) is 4. The van der Waals surface area contributed by atoms with Crippen LogP contribution in [-0.4, -0.2) is 73.9 Å². The number of allylic oxidation sites excluding steroid dienone is 2. The summed E-state index contributed by atoms with van der Waals surface area (Å²) in [5.41, 5.74) is 0. The number of piperidine rings is 2. The lowest BCUT2D eigenvalue weighted by Gasteiger charge is -2.47. The van der Waals surface area contributed by atoms with Crippen LogP contribution >= 0.6 is 0 Å². The van der Waals surface area contributed by atoms with E-state index in [1.54, 1.807) is 0 Å². The summed E-state index contributed by atoms with van der Waals surface area (Å²) >= 11 is 0. The quantitative estimate of drug-likeness (QED) is 0.321. The van der Waals surface area contributed by atoms with Gasteiger partial charge in [-0.1, -0.05) is 38.2 Å². The van der Waals surface area contributed by atoms with Gasteiger partial charge >= 0.3 is 0 Å². The van der Waals surface area contributed by atoms with Gasteiger partial charge in [-0.15, -0.1) is 0 Å². The van der Waals surface area contributed by atoms with E-state index in [9.17, 15) is 0 Å². The fourth-order valence-electron chi connectivity index (χ4n) is 9.37. The Labute approximate surface area is 220 Å². The summed E-state index contributed by atoms with van der Waals surface area (Å²) in [7, 11) is 0. The van der Waals surface area contributed by atoms with E-state index in [1.165, 1.54) is 77.4 Å². The molecule has 6 rings (SSSR count). The molecular formula is C31H53N5. The molecule has 0 spiro atoms. The third-order valence-electron chi connectivity index (χ3n) is 10.9. The molecule has 4 saturated heterocycles. The van der Waals surface area contributed by atoms with Crippen LogP contribution < -0.4 is 21.3 Å². The van der Waals surface area contributed by atoms with Crippen LogP contribution in [0, 0.1) is 29.6 Å². The first kappa shape index (κ1) is 25.6. The molecule has 5 nitrogen and oxygen atoms in total. The van der Waals surface area contributed by atoms with Crippen LogP contribution in [0.2, 0.25) is 0 Å². The largest absolute Gasteiger partial charge is 0.316 e. The van der Waals surface area contributed by atoms with Gasteiger partial charge in [-0.3, -0.25) is 4.90 Å². The third kappa shape index (κ3) is 5.12. The van der Waals surface area contributed by atoms with Crippen molar-refractivity contribution in [2.24, 2.45) is 29.6 Å². The molecule has 9 unspecified atom stereocenters. The van der Waals surface area contributed by atoms with Gasteiger partial charge in [0, 0.05) is 49.3 Å². The minimum atomic E-state index is 0.616. The van der Waals surface area contributed by atoms with Gasteiger partial charge in [-0.25, -0.2) is 0 Å². The summed E-state index contributed by atoms with van der Waals surface area (Å²) in [4.78, 5) is 3.11. The van der Waals surface area contributed by atoms with Crippen molar-refractivity contribution in [3.8, 4) is 0 Å². The molecule has 0 aromatic rings. The molecule has 2 aliphatic carbocycles. The first-order chi connectivity index (χ1) is 17.7. The summed E-state index contributed by atoms with van der Waals surface area (Å²) in [5, 5.41) is 15.5.